The van der Waals surface area contributed by atoms with E-state index in [4.69, 9.17) is 10.5 Å². The van der Waals surface area contributed by atoms with Crippen molar-refractivity contribution in [3.8, 4) is 5.75 Å². The molecular formula is C19H26IN3O. The fourth-order valence-corrected chi connectivity index (χ4v) is 2.23. The average molecular weight is 439 g/mol. The van der Waals surface area contributed by atoms with Crippen molar-refractivity contribution >= 4 is 35.6 Å². The third-order valence-corrected chi connectivity index (χ3v) is 3.50. The van der Waals surface area contributed by atoms with Gasteiger partial charge in [-0.1, -0.05) is 49.7 Å². The lowest BCUT2D eigenvalue weighted by atomic mass is 10.0. The minimum atomic E-state index is 0. The third-order valence-electron chi connectivity index (χ3n) is 3.50. The molecule has 3 N–H and O–H groups in total. The molecule has 0 atom stereocenters. The van der Waals surface area contributed by atoms with Crippen LogP contribution in [0.1, 0.15) is 30.9 Å². The maximum absolute atomic E-state index is 5.88. The van der Waals surface area contributed by atoms with Crippen LogP contribution in [0.4, 0.5) is 5.69 Å². The Morgan fingerprint density at radius 1 is 1.12 bits per heavy atom. The van der Waals surface area contributed by atoms with Crippen LogP contribution < -0.4 is 15.8 Å². The molecule has 24 heavy (non-hydrogen) atoms. The van der Waals surface area contributed by atoms with Gasteiger partial charge in [0.15, 0.2) is 5.96 Å². The first-order valence-electron chi connectivity index (χ1n) is 7.91. The molecule has 0 aromatic heterocycles. The Labute approximate surface area is 161 Å². The summed E-state index contributed by atoms with van der Waals surface area (Å²) in [6.45, 7) is 7.37. The second kappa shape index (κ2) is 10.2. The molecule has 2 aromatic rings. The molecule has 0 heterocycles. The topological polar surface area (TPSA) is 59.6 Å². The fraction of sp³-hybridized carbons (Fsp3) is 0.316. The SMILES string of the molecule is Cc1ccc(NC(N)=NCCOc2ccccc2C(C)C)cc1.I. The monoisotopic (exact) mass is 439 g/mol. The number of rotatable bonds is 6. The number of nitrogens with zero attached hydrogens (tertiary/aromatic N) is 1. The van der Waals surface area contributed by atoms with Crippen molar-refractivity contribution in [1.82, 2.24) is 0 Å². The molecule has 130 valence electrons. The minimum absolute atomic E-state index is 0. The van der Waals surface area contributed by atoms with E-state index in [2.05, 4.69) is 30.2 Å². The standard InChI is InChI=1S/C19H25N3O.HI/c1-14(2)17-6-4-5-7-18(17)23-13-12-21-19(20)22-16-10-8-15(3)9-11-16;/h4-11,14H,12-13H2,1-3H3,(H3,20,21,22);1H. The van der Waals surface area contributed by atoms with E-state index in [1.807, 2.05) is 49.4 Å². The van der Waals surface area contributed by atoms with Gasteiger partial charge in [-0.05, 0) is 36.6 Å². The van der Waals surface area contributed by atoms with E-state index >= 15 is 0 Å². The average Bonchev–Trinajstić information content (AvgIpc) is 2.54. The number of aryl methyl sites for hydroxylation is 1. The Balaban J connectivity index is 0.00000288. The molecule has 0 unspecified atom stereocenters. The van der Waals surface area contributed by atoms with Gasteiger partial charge in [-0.2, -0.15) is 0 Å². The molecule has 5 heteroatoms. The first-order valence-corrected chi connectivity index (χ1v) is 7.91. The lowest BCUT2D eigenvalue weighted by Crippen LogP contribution is -2.23. The second-order valence-corrected chi connectivity index (χ2v) is 5.80. The van der Waals surface area contributed by atoms with E-state index in [0.717, 1.165) is 11.4 Å². The van der Waals surface area contributed by atoms with E-state index in [1.165, 1.54) is 11.1 Å². The maximum Gasteiger partial charge on any atom is 0.193 e. The molecule has 0 aliphatic heterocycles. The van der Waals surface area contributed by atoms with Gasteiger partial charge in [0.25, 0.3) is 0 Å². The van der Waals surface area contributed by atoms with Gasteiger partial charge in [0.1, 0.15) is 12.4 Å². The zero-order chi connectivity index (χ0) is 16.7. The number of nitrogens with one attached hydrogen (secondary N) is 1. The first kappa shape index (κ1) is 20.3. The van der Waals surface area contributed by atoms with Crippen LogP contribution in [0, 0.1) is 6.92 Å². The van der Waals surface area contributed by atoms with Crippen LogP contribution in [0.2, 0.25) is 0 Å². The van der Waals surface area contributed by atoms with Crippen LogP contribution in [-0.2, 0) is 0 Å². The second-order valence-electron chi connectivity index (χ2n) is 5.80. The number of aliphatic imine (C=N–C) groups is 1. The van der Waals surface area contributed by atoms with E-state index in [0.29, 0.717) is 25.0 Å². The van der Waals surface area contributed by atoms with Gasteiger partial charge in [0.2, 0.25) is 0 Å². The molecule has 0 amide bonds. The fourth-order valence-electron chi connectivity index (χ4n) is 2.23. The van der Waals surface area contributed by atoms with Gasteiger partial charge in [0, 0.05) is 5.69 Å². The van der Waals surface area contributed by atoms with E-state index in [9.17, 15) is 0 Å². The molecule has 2 aromatic carbocycles. The Bertz CT molecular complexity index is 654. The van der Waals surface area contributed by atoms with Crippen molar-refractivity contribution in [3.05, 3.63) is 59.7 Å². The highest BCUT2D eigenvalue weighted by Gasteiger charge is 2.06. The van der Waals surface area contributed by atoms with Crippen molar-refractivity contribution < 1.29 is 4.74 Å². The van der Waals surface area contributed by atoms with E-state index < -0.39 is 0 Å². The Hall–Kier alpha value is -1.76. The van der Waals surface area contributed by atoms with Crippen LogP contribution >= 0.6 is 24.0 Å². The summed E-state index contributed by atoms with van der Waals surface area (Å²) in [6, 6.07) is 16.1. The van der Waals surface area contributed by atoms with Crippen molar-refractivity contribution in [2.75, 3.05) is 18.5 Å². The normalized spacial score (nSPS) is 11.1. The number of ether oxygens (including phenoxy) is 1. The smallest absolute Gasteiger partial charge is 0.193 e. The van der Waals surface area contributed by atoms with Gasteiger partial charge in [-0.25, -0.2) is 4.99 Å². The molecule has 0 saturated carbocycles. The summed E-state index contributed by atoms with van der Waals surface area (Å²) in [5.74, 6) is 1.75. The summed E-state index contributed by atoms with van der Waals surface area (Å²) in [7, 11) is 0. The summed E-state index contributed by atoms with van der Waals surface area (Å²) < 4.78 is 5.82. The highest BCUT2D eigenvalue weighted by molar-refractivity contribution is 14.0. The third kappa shape index (κ3) is 6.39. The molecule has 0 radical (unpaired) electrons. The van der Waals surface area contributed by atoms with Crippen molar-refractivity contribution in [2.24, 2.45) is 10.7 Å². The highest BCUT2D eigenvalue weighted by atomic mass is 127. The summed E-state index contributed by atoms with van der Waals surface area (Å²) >= 11 is 0. The van der Waals surface area contributed by atoms with Crippen molar-refractivity contribution in [2.45, 2.75) is 26.7 Å². The molecular weight excluding hydrogens is 413 g/mol. The van der Waals surface area contributed by atoms with Crippen LogP contribution in [0.5, 0.6) is 5.75 Å². The molecule has 2 rings (SSSR count). The number of hydrogen-bond acceptors (Lipinski definition) is 2. The van der Waals surface area contributed by atoms with E-state index in [-0.39, 0.29) is 24.0 Å². The minimum Gasteiger partial charge on any atom is -0.491 e. The summed E-state index contributed by atoms with van der Waals surface area (Å²) in [5, 5.41) is 3.07. The molecule has 0 bridgehead atoms. The van der Waals surface area contributed by atoms with Crippen LogP contribution in [0.15, 0.2) is 53.5 Å². The number of para-hydroxylation sites is 1. The Morgan fingerprint density at radius 2 is 1.79 bits per heavy atom. The van der Waals surface area contributed by atoms with Gasteiger partial charge >= 0.3 is 0 Å². The Morgan fingerprint density at radius 3 is 2.46 bits per heavy atom. The number of nitrogens with two attached hydrogens (primary N) is 1. The van der Waals surface area contributed by atoms with Crippen LogP contribution in [0.3, 0.4) is 0 Å². The molecule has 0 aliphatic rings. The first-order chi connectivity index (χ1) is 11.1. The molecule has 0 saturated heterocycles. The number of halogens is 1. The van der Waals surface area contributed by atoms with Crippen LogP contribution in [-0.4, -0.2) is 19.1 Å². The number of anilines is 1. The van der Waals surface area contributed by atoms with Gasteiger partial charge in [0.05, 0.1) is 6.54 Å². The summed E-state index contributed by atoms with van der Waals surface area (Å²) in [5.41, 5.74) is 9.24. The van der Waals surface area contributed by atoms with E-state index in [1.54, 1.807) is 0 Å². The molecule has 0 fully saturated rings. The molecule has 0 spiro atoms. The molecule has 4 nitrogen and oxygen atoms in total. The number of hydrogen-bond donors (Lipinski definition) is 2. The molecule has 0 aliphatic carbocycles. The van der Waals surface area contributed by atoms with Gasteiger partial charge < -0.3 is 15.8 Å². The lowest BCUT2D eigenvalue weighted by molar-refractivity contribution is 0.324. The van der Waals surface area contributed by atoms with Gasteiger partial charge in [-0.3, -0.25) is 0 Å². The van der Waals surface area contributed by atoms with Crippen molar-refractivity contribution in [1.29, 1.82) is 0 Å². The van der Waals surface area contributed by atoms with Crippen molar-refractivity contribution in [3.63, 3.8) is 0 Å². The number of benzene rings is 2. The Kier molecular flexibility index (Phi) is 8.60. The summed E-state index contributed by atoms with van der Waals surface area (Å²) in [4.78, 5) is 4.29. The number of guanidine groups is 1. The zero-order valence-corrected chi connectivity index (χ0v) is 16.8. The quantitative estimate of drug-likeness (QED) is 0.301. The lowest BCUT2D eigenvalue weighted by Gasteiger charge is -2.13. The van der Waals surface area contributed by atoms with Gasteiger partial charge in [-0.15, -0.1) is 24.0 Å². The predicted octanol–water partition coefficient (Wildman–Crippen LogP) is 4.54. The largest absolute Gasteiger partial charge is 0.491 e. The maximum atomic E-state index is 5.88. The zero-order valence-electron chi connectivity index (χ0n) is 14.5. The van der Waals surface area contributed by atoms with Crippen LogP contribution in [0.25, 0.3) is 0 Å². The predicted molar refractivity (Wildman–Crippen MR) is 113 cm³/mol. The highest BCUT2D eigenvalue weighted by Crippen LogP contribution is 2.25. The summed E-state index contributed by atoms with van der Waals surface area (Å²) in [6.07, 6.45) is 0.